The van der Waals surface area contributed by atoms with Gasteiger partial charge in [0.15, 0.2) is 0 Å². The maximum absolute atomic E-state index is 11.4. The third kappa shape index (κ3) is 10.4. The summed E-state index contributed by atoms with van der Waals surface area (Å²) in [5, 5.41) is 0. The number of esters is 1. The van der Waals surface area contributed by atoms with E-state index in [9.17, 15) is 14.4 Å². The molecule has 0 radical (unpaired) electrons. The number of rotatable bonds is 3. The summed E-state index contributed by atoms with van der Waals surface area (Å²) in [7, 11) is 0. The summed E-state index contributed by atoms with van der Waals surface area (Å²) in [5.74, 6) is -0.456. The Hall–Kier alpha value is -2.05. The molecule has 0 spiro atoms. The van der Waals surface area contributed by atoms with Crippen LogP contribution in [0.5, 0.6) is 0 Å². The maximum atomic E-state index is 11.4. The summed E-state index contributed by atoms with van der Waals surface area (Å²) in [6, 6.07) is 0. The standard InChI is InChI=1S/C9H15NO3.C5H8O3/c1-9(2,3)13-8(11)10-4-6-12-7-5-10;1-2-8-5(7)3-4-6/h4,6H,5,7H2,1-3H3;4H,2-3H2,1H3. The molecule has 1 aliphatic heterocycles. The van der Waals surface area contributed by atoms with Crippen molar-refractivity contribution in [2.24, 2.45) is 0 Å². The third-order valence-corrected chi connectivity index (χ3v) is 1.97. The molecule has 0 N–H and O–H groups in total. The first-order valence-electron chi connectivity index (χ1n) is 6.67. The lowest BCUT2D eigenvalue weighted by Gasteiger charge is -2.26. The van der Waals surface area contributed by atoms with Crippen LogP contribution in [0.25, 0.3) is 0 Å². The van der Waals surface area contributed by atoms with Gasteiger partial charge < -0.3 is 19.0 Å². The summed E-state index contributed by atoms with van der Waals surface area (Å²) in [5.41, 5.74) is -0.441. The zero-order valence-electron chi connectivity index (χ0n) is 13.0. The van der Waals surface area contributed by atoms with Crippen LogP contribution < -0.4 is 0 Å². The maximum Gasteiger partial charge on any atom is 0.414 e. The molecule has 7 heteroatoms. The summed E-state index contributed by atoms with van der Waals surface area (Å²) in [6.45, 7) is 8.63. The molecule has 0 aromatic carbocycles. The summed E-state index contributed by atoms with van der Waals surface area (Å²) in [6.07, 6.45) is 3.14. The second kappa shape index (κ2) is 9.79. The topological polar surface area (TPSA) is 82.1 Å². The smallest absolute Gasteiger partial charge is 0.414 e. The fourth-order valence-corrected chi connectivity index (χ4v) is 1.17. The van der Waals surface area contributed by atoms with Gasteiger partial charge in [0.25, 0.3) is 0 Å². The molecule has 0 aliphatic carbocycles. The number of carbonyl (C=O) groups is 3. The molecule has 1 heterocycles. The van der Waals surface area contributed by atoms with E-state index in [1.54, 1.807) is 13.1 Å². The molecule has 21 heavy (non-hydrogen) atoms. The minimum absolute atomic E-state index is 0.131. The van der Waals surface area contributed by atoms with E-state index < -0.39 is 11.6 Å². The van der Waals surface area contributed by atoms with Crippen molar-refractivity contribution in [1.82, 2.24) is 4.90 Å². The molecule has 0 unspecified atom stereocenters. The van der Waals surface area contributed by atoms with Crippen LogP contribution in [0.3, 0.4) is 0 Å². The van der Waals surface area contributed by atoms with Gasteiger partial charge in [0.1, 0.15) is 24.9 Å². The normalized spacial score (nSPS) is 13.4. The molecule has 1 aliphatic rings. The molecule has 120 valence electrons. The number of hydrogen-bond donors (Lipinski definition) is 0. The molecule has 0 aromatic heterocycles. The summed E-state index contributed by atoms with van der Waals surface area (Å²) in [4.78, 5) is 32.7. The SMILES string of the molecule is CC(C)(C)OC(=O)N1C=COCC1.CCOC(=O)CC=O. The highest BCUT2D eigenvalue weighted by Crippen LogP contribution is 2.11. The molecule has 0 fully saturated rings. The predicted molar refractivity (Wildman–Crippen MR) is 75.3 cm³/mol. The van der Waals surface area contributed by atoms with Crippen molar-refractivity contribution in [2.75, 3.05) is 19.8 Å². The zero-order chi connectivity index (χ0) is 16.3. The lowest BCUT2D eigenvalue weighted by molar-refractivity contribution is -0.143. The Morgan fingerprint density at radius 2 is 2.05 bits per heavy atom. The highest BCUT2D eigenvalue weighted by molar-refractivity contribution is 5.83. The lowest BCUT2D eigenvalue weighted by atomic mass is 10.2. The van der Waals surface area contributed by atoms with E-state index in [-0.39, 0.29) is 12.5 Å². The Labute approximate surface area is 124 Å². The van der Waals surface area contributed by atoms with Gasteiger partial charge in [-0.1, -0.05) is 0 Å². The van der Waals surface area contributed by atoms with Gasteiger partial charge in [-0.05, 0) is 27.7 Å². The molecule has 0 saturated carbocycles. The number of amides is 1. The first-order valence-corrected chi connectivity index (χ1v) is 6.67. The number of hydrogen-bond acceptors (Lipinski definition) is 6. The Morgan fingerprint density at radius 1 is 1.38 bits per heavy atom. The summed E-state index contributed by atoms with van der Waals surface area (Å²) < 4.78 is 14.5. The Morgan fingerprint density at radius 3 is 2.48 bits per heavy atom. The Balaban J connectivity index is 0.000000433. The van der Waals surface area contributed by atoms with Crippen molar-refractivity contribution in [3.05, 3.63) is 12.5 Å². The average molecular weight is 301 g/mol. The van der Waals surface area contributed by atoms with E-state index in [1.807, 2.05) is 20.8 Å². The van der Waals surface area contributed by atoms with Crippen molar-refractivity contribution in [3.63, 3.8) is 0 Å². The quantitative estimate of drug-likeness (QED) is 0.449. The fraction of sp³-hybridized carbons (Fsp3) is 0.643. The van der Waals surface area contributed by atoms with E-state index in [4.69, 9.17) is 9.47 Å². The second-order valence-corrected chi connectivity index (χ2v) is 5.01. The summed E-state index contributed by atoms with van der Waals surface area (Å²) >= 11 is 0. The molecular formula is C14H23NO6. The molecule has 0 saturated heterocycles. The van der Waals surface area contributed by atoms with E-state index in [0.29, 0.717) is 26.0 Å². The highest BCUT2D eigenvalue weighted by Gasteiger charge is 2.21. The predicted octanol–water partition coefficient (Wildman–Crippen LogP) is 1.86. The van der Waals surface area contributed by atoms with Crippen molar-refractivity contribution < 1.29 is 28.6 Å². The van der Waals surface area contributed by atoms with Gasteiger partial charge >= 0.3 is 12.1 Å². The minimum atomic E-state index is -0.456. The highest BCUT2D eigenvalue weighted by atomic mass is 16.6. The van der Waals surface area contributed by atoms with Crippen LogP contribution in [-0.4, -0.2) is 48.6 Å². The van der Waals surface area contributed by atoms with Crippen LogP contribution >= 0.6 is 0 Å². The van der Waals surface area contributed by atoms with Crippen molar-refractivity contribution in [1.29, 1.82) is 0 Å². The lowest BCUT2D eigenvalue weighted by Crippen LogP contribution is -2.36. The number of aldehydes is 1. The third-order valence-electron chi connectivity index (χ3n) is 1.97. The average Bonchev–Trinajstić information content (AvgIpc) is 2.39. The van der Waals surface area contributed by atoms with Gasteiger partial charge in [0, 0.05) is 6.20 Å². The number of carbonyl (C=O) groups excluding carboxylic acids is 3. The first-order chi connectivity index (χ1) is 9.80. The van der Waals surface area contributed by atoms with Crippen LogP contribution in [0.15, 0.2) is 12.5 Å². The Kier molecular flexibility index (Phi) is 8.84. The fourth-order valence-electron chi connectivity index (χ4n) is 1.17. The molecule has 7 nitrogen and oxygen atoms in total. The van der Waals surface area contributed by atoms with E-state index >= 15 is 0 Å². The monoisotopic (exact) mass is 301 g/mol. The van der Waals surface area contributed by atoms with Crippen LogP contribution in [0.4, 0.5) is 4.79 Å². The van der Waals surface area contributed by atoms with E-state index in [1.165, 1.54) is 11.2 Å². The van der Waals surface area contributed by atoms with Gasteiger partial charge in [-0.2, -0.15) is 0 Å². The number of nitrogens with zero attached hydrogens (tertiary/aromatic N) is 1. The van der Waals surface area contributed by atoms with Crippen LogP contribution in [0.2, 0.25) is 0 Å². The number of ether oxygens (including phenoxy) is 3. The molecule has 0 aromatic rings. The minimum Gasteiger partial charge on any atom is -0.498 e. The molecule has 1 amide bonds. The first kappa shape index (κ1) is 18.9. The van der Waals surface area contributed by atoms with Crippen molar-refractivity contribution in [3.8, 4) is 0 Å². The molecule has 1 rings (SSSR count). The van der Waals surface area contributed by atoms with Gasteiger partial charge in [0.2, 0.25) is 0 Å². The van der Waals surface area contributed by atoms with E-state index in [2.05, 4.69) is 4.74 Å². The largest absolute Gasteiger partial charge is 0.498 e. The molecule has 0 bridgehead atoms. The van der Waals surface area contributed by atoms with Crippen LogP contribution in [0, 0.1) is 0 Å². The molecular weight excluding hydrogens is 278 g/mol. The van der Waals surface area contributed by atoms with Crippen molar-refractivity contribution >= 4 is 18.3 Å². The van der Waals surface area contributed by atoms with Crippen molar-refractivity contribution in [2.45, 2.75) is 39.7 Å². The van der Waals surface area contributed by atoms with Crippen LogP contribution in [-0.2, 0) is 23.8 Å². The zero-order valence-corrected chi connectivity index (χ0v) is 13.0. The van der Waals surface area contributed by atoms with Gasteiger partial charge in [-0.15, -0.1) is 0 Å². The van der Waals surface area contributed by atoms with E-state index in [0.717, 1.165) is 0 Å². The van der Waals surface area contributed by atoms with Gasteiger partial charge in [-0.25, -0.2) is 4.79 Å². The Bertz CT molecular complexity index is 372. The molecule has 0 atom stereocenters. The second-order valence-electron chi connectivity index (χ2n) is 5.01. The van der Waals surface area contributed by atoms with Gasteiger partial charge in [0.05, 0.1) is 19.4 Å². The van der Waals surface area contributed by atoms with Gasteiger partial charge in [-0.3, -0.25) is 9.69 Å². The van der Waals surface area contributed by atoms with Crippen LogP contribution in [0.1, 0.15) is 34.1 Å².